The molecule has 1 aromatic carbocycles. The molecule has 0 fully saturated rings. The summed E-state index contributed by atoms with van der Waals surface area (Å²) in [6, 6.07) is 7.18. The van der Waals surface area contributed by atoms with Gasteiger partial charge in [0.1, 0.15) is 5.75 Å². The fourth-order valence-corrected chi connectivity index (χ4v) is 0.865. The second-order valence-electron chi connectivity index (χ2n) is 2.09. The van der Waals surface area contributed by atoms with E-state index in [0.29, 0.717) is 17.9 Å². The Morgan fingerprint density at radius 1 is 1.42 bits per heavy atom. The number of para-hydroxylation sites is 1. The summed E-state index contributed by atoms with van der Waals surface area (Å²) in [6.45, 7) is 2.48. The van der Waals surface area contributed by atoms with Gasteiger partial charge in [0.25, 0.3) is 0 Å². The van der Waals surface area contributed by atoms with Crippen LogP contribution < -0.4 is 4.74 Å². The van der Waals surface area contributed by atoms with E-state index in [4.69, 9.17) is 4.74 Å². The van der Waals surface area contributed by atoms with E-state index in [1.807, 2.05) is 19.1 Å². The molecular formula is C9H11FO2. The lowest BCUT2D eigenvalue weighted by Gasteiger charge is -2.03. The SMILES string of the molecule is CCOc1ccccc1C=O.F. The number of benzene rings is 1. The molecule has 0 heterocycles. The lowest BCUT2D eigenvalue weighted by molar-refractivity contribution is 0.112. The fraction of sp³-hybridized carbons (Fsp3) is 0.222. The van der Waals surface area contributed by atoms with Gasteiger partial charge in [0.15, 0.2) is 6.29 Å². The average Bonchev–Trinajstić information content (AvgIpc) is 2.06. The summed E-state index contributed by atoms with van der Waals surface area (Å²) in [7, 11) is 0. The van der Waals surface area contributed by atoms with Crippen molar-refractivity contribution in [1.82, 2.24) is 0 Å². The van der Waals surface area contributed by atoms with E-state index in [2.05, 4.69) is 0 Å². The number of halogens is 1. The van der Waals surface area contributed by atoms with Crippen molar-refractivity contribution < 1.29 is 14.2 Å². The third kappa shape index (κ3) is 2.34. The van der Waals surface area contributed by atoms with Gasteiger partial charge in [-0.05, 0) is 19.1 Å². The summed E-state index contributed by atoms with van der Waals surface area (Å²) < 4.78 is 5.20. The minimum absolute atomic E-state index is 0. The van der Waals surface area contributed by atoms with Crippen LogP contribution in [0.25, 0.3) is 0 Å². The third-order valence-electron chi connectivity index (χ3n) is 1.35. The molecule has 1 aromatic rings. The molecular weight excluding hydrogens is 159 g/mol. The second-order valence-corrected chi connectivity index (χ2v) is 2.09. The molecule has 0 atom stereocenters. The lowest BCUT2D eigenvalue weighted by atomic mass is 10.2. The topological polar surface area (TPSA) is 26.3 Å². The number of carbonyl (C=O) groups excluding carboxylic acids is 1. The summed E-state index contributed by atoms with van der Waals surface area (Å²) >= 11 is 0. The zero-order valence-corrected chi connectivity index (χ0v) is 6.82. The minimum atomic E-state index is 0. The normalized spacial score (nSPS) is 8.42. The number of hydrogen-bond acceptors (Lipinski definition) is 2. The van der Waals surface area contributed by atoms with Gasteiger partial charge >= 0.3 is 0 Å². The molecule has 12 heavy (non-hydrogen) atoms. The number of ether oxygens (including phenoxy) is 1. The predicted octanol–water partition coefficient (Wildman–Crippen LogP) is 2.05. The molecule has 3 heteroatoms. The molecule has 0 N–H and O–H groups in total. The van der Waals surface area contributed by atoms with Gasteiger partial charge < -0.3 is 4.74 Å². The first-order chi connectivity index (χ1) is 5.38. The summed E-state index contributed by atoms with van der Waals surface area (Å²) in [5, 5.41) is 0. The predicted molar refractivity (Wildman–Crippen MR) is 45.5 cm³/mol. The molecule has 0 amide bonds. The molecule has 0 aliphatic heterocycles. The van der Waals surface area contributed by atoms with E-state index >= 15 is 0 Å². The molecule has 66 valence electrons. The second kappa shape index (κ2) is 5.29. The van der Waals surface area contributed by atoms with E-state index < -0.39 is 0 Å². The van der Waals surface area contributed by atoms with Gasteiger partial charge in [-0.2, -0.15) is 0 Å². The highest BCUT2D eigenvalue weighted by molar-refractivity contribution is 5.79. The molecule has 0 aromatic heterocycles. The van der Waals surface area contributed by atoms with E-state index in [-0.39, 0.29) is 4.70 Å². The van der Waals surface area contributed by atoms with Crippen molar-refractivity contribution in [1.29, 1.82) is 0 Å². The lowest BCUT2D eigenvalue weighted by Crippen LogP contribution is -1.94. The Hall–Kier alpha value is -1.38. The Balaban J connectivity index is 0.00000121. The van der Waals surface area contributed by atoms with Crippen molar-refractivity contribution in [3.8, 4) is 5.75 Å². The fourth-order valence-electron chi connectivity index (χ4n) is 0.865. The van der Waals surface area contributed by atoms with Crippen molar-refractivity contribution >= 4 is 6.29 Å². The van der Waals surface area contributed by atoms with Crippen LogP contribution in [0, 0.1) is 0 Å². The monoisotopic (exact) mass is 170 g/mol. The first-order valence-corrected chi connectivity index (χ1v) is 3.55. The Morgan fingerprint density at radius 3 is 2.67 bits per heavy atom. The summed E-state index contributed by atoms with van der Waals surface area (Å²) in [5.41, 5.74) is 0.606. The van der Waals surface area contributed by atoms with Crippen LogP contribution in [0.5, 0.6) is 5.75 Å². The highest BCUT2D eigenvalue weighted by atomic mass is 19.0. The maximum Gasteiger partial charge on any atom is 0.153 e. The standard InChI is InChI=1S/C9H10O2.FH/c1-2-11-9-6-4-3-5-8(9)7-10;/h3-7H,2H2,1H3;1H. The van der Waals surface area contributed by atoms with E-state index in [1.165, 1.54) is 0 Å². The molecule has 0 saturated heterocycles. The van der Waals surface area contributed by atoms with Crippen molar-refractivity contribution in [2.24, 2.45) is 0 Å². The van der Waals surface area contributed by atoms with Crippen molar-refractivity contribution in [3.05, 3.63) is 29.8 Å². The van der Waals surface area contributed by atoms with Crippen LogP contribution >= 0.6 is 0 Å². The van der Waals surface area contributed by atoms with Crippen LogP contribution in [0.3, 0.4) is 0 Å². The first-order valence-electron chi connectivity index (χ1n) is 3.55. The van der Waals surface area contributed by atoms with Crippen LogP contribution in [-0.4, -0.2) is 12.9 Å². The van der Waals surface area contributed by atoms with E-state index in [0.717, 1.165) is 6.29 Å². The van der Waals surface area contributed by atoms with Crippen molar-refractivity contribution in [2.75, 3.05) is 6.61 Å². The smallest absolute Gasteiger partial charge is 0.153 e. The van der Waals surface area contributed by atoms with Crippen LogP contribution in [0.2, 0.25) is 0 Å². The van der Waals surface area contributed by atoms with Gasteiger partial charge in [-0.15, -0.1) is 0 Å². The van der Waals surface area contributed by atoms with Crippen LogP contribution in [0.15, 0.2) is 24.3 Å². The summed E-state index contributed by atoms with van der Waals surface area (Å²) in [5.74, 6) is 0.657. The Kier molecular flexibility index (Phi) is 4.69. The molecule has 0 aliphatic rings. The van der Waals surface area contributed by atoms with E-state index in [1.54, 1.807) is 12.1 Å². The van der Waals surface area contributed by atoms with Gasteiger partial charge in [0.2, 0.25) is 0 Å². The molecule has 1 rings (SSSR count). The zero-order chi connectivity index (χ0) is 8.10. The van der Waals surface area contributed by atoms with Crippen molar-refractivity contribution in [3.63, 3.8) is 0 Å². The highest BCUT2D eigenvalue weighted by Crippen LogP contribution is 2.14. The number of hydrogen-bond donors (Lipinski definition) is 0. The van der Waals surface area contributed by atoms with Crippen LogP contribution in [-0.2, 0) is 0 Å². The molecule has 0 aliphatic carbocycles. The van der Waals surface area contributed by atoms with Crippen LogP contribution in [0.4, 0.5) is 4.70 Å². The molecule has 0 unspecified atom stereocenters. The van der Waals surface area contributed by atoms with Gasteiger partial charge in [-0.3, -0.25) is 9.50 Å². The Labute approximate surface area is 70.5 Å². The minimum Gasteiger partial charge on any atom is -0.493 e. The zero-order valence-electron chi connectivity index (χ0n) is 6.82. The average molecular weight is 170 g/mol. The summed E-state index contributed by atoms with van der Waals surface area (Å²) in [6.07, 6.45) is 0.797. The molecule has 2 nitrogen and oxygen atoms in total. The van der Waals surface area contributed by atoms with Gasteiger partial charge in [-0.1, -0.05) is 12.1 Å². The molecule has 0 spiro atoms. The van der Waals surface area contributed by atoms with Crippen molar-refractivity contribution in [2.45, 2.75) is 6.92 Å². The maximum absolute atomic E-state index is 10.4. The maximum atomic E-state index is 10.4. The Morgan fingerprint density at radius 2 is 2.08 bits per heavy atom. The largest absolute Gasteiger partial charge is 0.493 e. The molecule has 0 bridgehead atoms. The highest BCUT2D eigenvalue weighted by Gasteiger charge is 1.97. The molecule has 0 radical (unpaired) electrons. The summed E-state index contributed by atoms with van der Waals surface area (Å²) in [4.78, 5) is 10.4. The number of rotatable bonds is 3. The number of carbonyl (C=O) groups is 1. The molecule has 0 saturated carbocycles. The quantitative estimate of drug-likeness (QED) is 0.649. The van der Waals surface area contributed by atoms with E-state index in [9.17, 15) is 4.79 Å². The van der Waals surface area contributed by atoms with Gasteiger partial charge in [0.05, 0.1) is 12.2 Å². The van der Waals surface area contributed by atoms with Gasteiger partial charge in [0, 0.05) is 0 Å². The third-order valence-corrected chi connectivity index (χ3v) is 1.35. The first kappa shape index (κ1) is 10.6. The Bertz CT molecular complexity index is 248. The number of aldehydes is 1. The van der Waals surface area contributed by atoms with Crippen LogP contribution in [0.1, 0.15) is 17.3 Å². The van der Waals surface area contributed by atoms with Gasteiger partial charge in [-0.25, -0.2) is 0 Å².